The largest absolute Gasteiger partial charge is 0.274 e. The van der Waals surface area contributed by atoms with Crippen LogP contribution in [-0.4, -0.2) is 10.9 Å². The molecule has 2 aromatic rings. The predicted molar refractivity (Wildman–Crippen MR) is 59.4 cm³/mol. The minimum absolute atomic E-state index is 0.0992. The summed E-state index contributed by atoms with van der Waals surface area (Å²) in [6.45, 7) is 0. The number of carbonyl (C=O) groups excluding carboxylic acids is 1. The molecule has 0 fully saturated rings. The number of hydrogen-bond acceptors (Lipinski definition) is 3. The summed E-state index contributed by atoms with van der Waals surface area (Å²) in [7, 11) is 0. The molecule has 0 saturated heterocycles. The Morgan fingerprint density at radius 2 is 2.33 bits per heavy atom. The monoisotopic (exact) mass is 216 g/mol. The molecule has 15 heavy (non-hydrogen) atoms. The third-order valence-corrected chi connectivity index (χ3v) is 3.11. The Balaban J connectivity index is 2.14. The second kappa shape index (κ2) is 3.17. The number of fused-ring (bicyclic) bond motifs is 1. The van der Waals surface area contributed by atoms with Crippen molar-refractivity contribution in [3.05, 3.63) is 40.7 Å². The normalized spacial score (nSPS) is 14.4. The molecule has 0 radical (unpaired) electrons. The quantitative estimate of drug-likeness (QED) is 0.733. The highest BCUT2D eigenvalue weighted by molar-refractivity contribution is 7.08. The SMILES string of the molecule is O=C1Cc2cccnc2N1c1ccsc1. The van der Waals surface area contributed by atoms with Gasteiger partial charge in [-0.3, -0.25) is 9.69 Å². The molecule has 3 heterocycles. The van der Waals surface area contributed by atoms with Crippen LogP contribution in [0.3, 0.4) is 0 Å². The summed E-state index contributed by atoms with van der Waals surface area (Å²) in [6, 6.07) is 5.75. The van der Waals surface area contributed by atoms with E-state index in [9.17, 15) is 4.79 Å². The molecule has 3 nitrogen and oxygen atoms in total. The molecule has 0 saturated carbocycles. The average Bonchev–Trinajstić information content (AvgIpc) is 2.82. The van der Waals surface area contributed by atoms with Gasteiger partial charge in [-0.2, -0.15) is 11.3 Å². The van der Waals surface area contributed by atoms with Crippen molar-refractivity contribution < 1.29 is 4.79 Å². The third kappa shape index (κ3) is 1.26. The van der Waals surface area contributed by atoms with E-state index in [1.165, 1.54) is 0 Å². The van der Waals surface area contributed by atoms with Gasteiger partial charge < -0.3 is 0 Å². The Labute approximate surface area is 91.0 Å². The van der Waals surface area contributed by atoms with Gasteiger partial charge in [-0.15, -0.1) is 0 Å². The first-order valence-corrected chi connectivity index (χ1v) is 5.59. The number of carbonyl (C=O) groups is 1. The number of aromatic nitrogens is 1. The Hall–Kier alpha value is -1.68. The summed E-state index contributed by atoms with van der Waals surface area (Å²) in [5.41, 5.74) is 1.93. The van der Waals surface area contributed by atoms with Gasteiger partial charge >= 0.3 is 0 Å². The summed E-state index contributed by atoms with van der Waals surface area (Å²) in [5.74, 6) is 0.878. The zero-order valence-electron chi connectivity index (χ0n) is 7.88. The lowest BCUT2D eigenvalue weighted by molar-refractivity contribution is -0.116. The van der Waals surface area contributed by atoms with E-state index < -0.39 is 0 Å². The molecule has 0 unspecified atom stereocenters. The van der Waals surface area contributed by atoms with E-state index in [1.54, 1.807) is 22.4 Å². The Morgan fingerprint density at radius 3 is 3.13 bits per heavy atom. The standard InChI is InChI=1S/C11H8N2OS/c14-10-6-8-2-1-4-12-11(8)13(10)9-3-5-15-7-9/h1-5,7H,6H2. The van der Waals surface area contributed by atoms with Crippen molar-refractivity contribution in [2.45, 2.75) is 6.42 Å². The molecule has 1 amide bonds. The zero-order chi connectivity index (χ0) is 10.3. The predicted octanol–water partition coefficient (Wildman–Crippen LogP) is 2.36. The third-order valence-electron chi connectivity index (χ3n) is 2.43. The first-order valence-electron chi connectivity index (χ1n) is 4.65. The molecule has 3 rings (SSSR count). The molecule has 0 spiro atoms. The minimum atomic E-state index is 0.0992. The van der Waals surface area contributed by atoms with Crippen molar-refractivity contribution in [2.24, 2.45) is 0 Å². The van der Waals surface area contributed by atoms with E-state index in [2.05, 4.69) is 4.98 Å². The molecule has 0 atom stereocenters. The van der Waals surface area contributed by atoms with Gasteiger partial charge in [0.1, 0.15) is 5.82 Å². The molecule has 0 N–H and O–H groups in total. The highest BCUT2D eigenvalue weighted by Crippen LogP contribution is 2.34. The molecule has 0 aliphatic carbocycles. The van der Waals surface area contributed by atoms with Gasteiger partial charge in [-0.05, 0) is 17.5 Å². The van der Waals surface area contributed by atoms with Gasteiger partial charge in [0.25, 0.3) is 0 Å². The van der Waals surface area contributed by atoms with Crippen molar-refractivity contribution in [3.63, 3.8) is 0 Å². The van der Waals surface area contributed by atoms with Gasteiger partial charge in [0.2, 0.25) is 5.91 Å². The summed E-state index contributed by atoms with van der Waals surface area (Å²) < 4.78 is 0. The van der Waals surface area contributed by atoms with Gasteiger partial charge in [0.05, 0.1) is 12.1 Å². The Morgan fingerprint density at radius 1 is 1.40 bits per heavy atom. The summed E-state index contributed by atoms with van der Waals surface area (Å²) in [6.07, 6.45) is 2.18. The van der Waals surface area contributed by atoms with E-state index in [-0.39, 0.29) is 5.91 Å². The fraction of sp³-hybridized carbons (Fsp3) is 0.0909. The molecule has 2 aromatic heterocycles. The fourth-order valence-corrected chi connectivity index (χ4v) is 2.40. The van der Waals surface area contributed by atoms with Crippen LogP contribution in [0.5, 0.6) is 0 Å². The summed E-state index contributed by atoms with van der Waals surface area (Å²) in [5, 5.41) is 3.92. The molecular formula is C11H8N2OS. The fourth-order valence-electron chi connectivity index (χ4n) is 1.78. The first kappa shape index (κ1) is 8.61. The summed E-state index contributed by atoms with van der Waals surface area (Å²) >= 11 is 1.58. The molecular weight excluding hydrogens is 208 g/mol. The van der Waals surface area contributed by atoms with E-state index in [4.69, 9.17) is 0 Å². The second-order valence-electron chi connectivity index (χ2n) is 3.37. The maximum Gasteiger partial charge on any atom is 0.237 e. The van der Waals surface area contributed by atoms with E-state index in [0.717, 1.165) is 17.1 Å². The lowest BCUT2D eigenvalue weighted by Gasteiger charge is -2.13. The topological polar surface area (TPSA) is 33.2 Å². The van der Waals surface area contributed by atoms with Crippen LogP contribution < -0.4 is 4.90 Å². The first-order chi connectivity index (χ1) is 7.36. The van der Waals surface area contributed by atoms with Gasteiger partial charge in [-0.25, -0.2) is 4.98 Å². The van der Waals surface area contributed by atoms with E-state index in [0.29, 0.717) is 6.42 Å². The molecule has 4 heteroatoms. The van der Waals surface area contributed by atoms with Crippen molar-refractivity contribution in [1.82, 2.24) is 4.98 Å². The van der Waals surface area contributed by atoms with Crippen molar-refractivity contribution in [1.29, 1.82) is 0 Å². The highest BCUT2D eigenvalue weighted by Gasteiger charge is 2.29. The lowest BCUT2D eigenvalue weighted by Crippen LogP contribution is -2.20. The number of hydrogen-bond donors (Lipinski definition) is 0. The minimum Gasteiger partial charge on any atom is -0.274 e. The van der Waals surface area contributed by atoms with Crippen LogP contribution in [0.1, 0.15) is 5.56 Å². The van der Waals surface area contributed by atoms with Crippen LogP contribution in [0.25, 0.3) is 0 Å². The number of nitrogens with zero attached hydrogens (tertiary/aromatic N) is 2. The Kier molecular flexibility index (Phi) is 1.82. The van der Waals surface area contributed by atoms with Gasteiger partial charge in [-0.1, -0.05) is 6.07 Å². The molecule has 74 valence electrons. The van der Waals surface area contributed by atoms with Crippen molar-refractivity contribution in [2.75, 3.05) is 4.90 Å². The smallest absolute Gasteiger partial charge is 0.237 e. The molecule has 1 aliphatic rings. The van der Waals surface area contributed by atoms with Crippen LogP contribution in [0, 0.1) is 0 Å². The van der Waals surface area contributed by atoms with Crippen LogP contribution in [0.2, 0.25) is 0 Å². The zero-order valence-corrected chi connectivity index (χ0v) is 8.70. The van der Waals surface area contributed by atoms with Crippen LogP contribution in [0.4, 0.5) is 11.5 Å². The number of pyridine rings is 1. The maximum absolute atomic E-state index is 11.8. The summed E-state index contributed by atoms with van der Waals surface area (Å²) in [4.78, 5) is 17.8. The average molecular weight is 216 g/mol. The number of anilines is 2. The van der Waals surface area contributed by atoms with Crippen LogP contribution in [-0.2, 0) is 11.2 Å². The van der Waals surface area contributed by atoms with Crippen molar-refractivity contribution >= 4 is 28.7 Å². The van der Waals surface area contributed by atoms with E-state index in [1.807, 2.05) is 29.0 Å². The van der Waals surface area contributed by atoms with Crippen molar-refractivity contribution in [3.8, 4) is 0 Å². The molecule has 0 bridgehead atoms. The van der Waals surface area contributed by atoms with Gasteiger partial charge in [0, 0.05) is 17.1 Å². The second-order valence-corrected chi connectivity index (χ2v) is 4.15. The Bertz CT molecular complexity index is 507. The number of thiophene rings is 1. The van der Waals surface area contributed by atoms with Gasteiger partial charge in [0.15, 0.2) is 0 Å². The number of amides is 1. The van der Waals surface area contributed by atoms with Crippen LogP contribution >= 0.6 is 11.3 Å². The molecule has 1 aliphatic heterocycles. The van der Waals surface area contributed by atoms with Crippen LogP contribution in [0.15, 0.2) is 35.2 Å². The van der Waals surface area contributed by atoms with E-state index >= 15 is 0 Å². The number of rotatable bonds is 1. The lowest BCUT2D eigenvalue weighted by atomic mass is 10.2. The highest BCUT2D eigenvalue weighted by atomic mass is 32.1. The maximum atomic E-state index is 11.8. The molecule has 0 aromatic carbocycles.